The average Bonchev–Trinajstić information content (AvgIpc) is 4.28. The predicted octanol–water partition coefficient (Wildman–Crippen LogP) is 13.6. The van der Waals surface area contributed by atoms with E-state index in [2.05, 4.69) is 61.9 Å². The van der Waals surface area contributed by atoms with Crippen molar-refractivity contribution in [2.45, 2.75) is 86.0 Å². The second-order valence-corrected chi connectivity index (χ2v) is 19.6. The smallest absolute Gasteiger partial charge is 0.410 e. The van der Waals surface area contributed by atoms with Gasteiger partial charge in [0.15, 0.2) is 11.6 Å². The Morgan fingerprint density at radius 1 is 0.623 bits per heavy atom. The molecule has 1 fully saturated rings. The van der Waals surface area contributed by atoms with Crippen molar-refractivity contribution in [2.24, 2.45) is 0 Å². The molecule has 5 aromatic carbocycles. The summed E-state index contributed by atoms with van der Waals surface area (Å²) in [5, 5.41) is 15.6. The van der Waals surface area contributed by atoms with E-state index in [1.165, 1.54) is 56.7 Å². The van der Waals surface area contributed by atoms with Crippen LogP contribution in [-0.4, -0.2) is 79.3 Å². The Labute approximate surface area is 447 Å². The van der Waals surface area contributed by atoms with E-state index in [-0.39, 0.29) is 22.5 Å². The topological polar surface area (TPSA) is 206 Å². The molecule has 0 spiro atoms. The van der Waals surface area contributed by atoms with Crippen molar-refractivity contribution in [3.63, 3.8) is 0 Å². The number of anilines is 4. The maximum atomic E-state index is 13.3. The highest BCUT2D eigenvalue weighted by atomic mass is 19.1. The van der Waals surface area contributed by atoms with Crippen molar-refractivity contribution >= 4 is 57.2 Å². The lowest BCUT2D eigenvalue weighted by Gasteiger charge is -2.13. The standard InChI is InChI=1S/C21H20FN5O2.C14H16N2O3.C13H10FN3.C6H15N.C4H8O/c1-21(2,3)18-11-19(26-29-18)25-20(28)24-14-5-7-15(8-6-14)27-12-23-16-10-13(22)4-9-17(16)27;1-14(2,3)11-9-12(16-19-11)15-13(17)18-10-7-5-4-6-8-10;14-9-1-6-13-12(7-9)16-8-17(13)11-4-2-10(15)3-5-11;1-4-7(5-2)6-3;1-2-4-5-3-1/h4-12H,1-3H3,(H2,24,25,26,28);4-9H,1-3H3,(H,15,16,17);1-8H,15H2;4-6H2,1-3H3;1-4H2. The summed E-state index contributed by atoms with van der Waals surface area (Å²) in [5.41, 5.74) is 11.3. The van der Waals surface area contributed by atoms with Crippen LogP contribution in [0.5, 0.6) is 5.75 Å². The van der Waals surface area contributed by atoms with E-state index in [4.69, 9.17) is 24.3 Å². The van der Waals surface area contributed by atoms with Crippen LogP contribution in [0.1, 0.15) is 86.7 Å². The number of nitrogens with two attached hydrogens (primary N) is 1. The molecule has 0 unspecified atom stereocenters. The number of fused-ring (bicyclic) bond motifs is 2. The van der Waals surface area contributed by atoms with Gasteiger partial charge in [-0.05, 0) is 117 Å². The Hall–Kier alpha value is -8.42. The zero-order valence-electron chi connectivity index (χ0n) is 45.1. The number of carbonyl (C=O) groups excluding carboxylic acids is 2. The van der Waals surface area contributed by atoms with Gasteiger partial charge in [-0.1, -0.05) is 90.8 Å². The van der Waals surface area contributed by atoms with Gasteiger partial charge in [0.25, 0.3) is 0 Å². The first kappa shape index (κ1) is 57.9. The van der Waals surface area contributed by atoms with Gasteiger partial charge in [0, 0.05) is 71.1 Å². The molecule has 77 heavy (non-hydrogen) atoms. The number of carbonyl (C=O) groups is 2. The summed E-state index contributed by atoms with van der Waals surface area (Å²) in [7, 11) is 0. The molecule has 3 amide bonds. The summed E-state index contributed by atoms with van der Waals surface area (Å²) >= 11 is 0. The van der Waals surface area contributed by atoms with E-state index >= 15 is 0 Å². The van der Waals surface area contributed by atoms with Crippen molar-refractivity contribution in [1.82, 2.24) is 34.3 Å². The first-order valence-electron chi connectivity index (χ1n) is 25.4. The molecule has 1 aliphatic rings. The minimum absolute atomic E-state index is 0.156. The van der Waals surface area contributed by atoms with Gasteiger partial charge in [0.2, 0.25) is 0 Å². The van der Waals surface area contributed by atoms with E-state index in [1.54, 1.807) is 73.3 Å². The minimum atomic E-state index is -0.597. The number of imidazole rings is 2. The Bertz CT molecular complexity index is 3230. The van der Waals surface area contributed by atoms with E-state index in [0.717, 1.165) is 35.6 Å². The van der Waals surface area contributed by atoms with Gasteiger partial charge in [-0.25, -0.2) is 28.3 Å². The number of urea groups is 1. The van der Waals surface area contributed by atoms with Crippen LogP contribution in [0.3, 0.4) is 0 Å². The molecule has 1 aliphatic heterocycles. The maximum Gasteiger partial charge on any atom is 0.418 e. The summed E-state index contributed by atoms with van der Waals surface area (Å²) in [6.45, 7) is 24.1. The highest BCUT2D eigenvalue weighted by Crippen LogP contribution is 2.27. The molecular formula is C58H69F2N11O6. The Kier molecular flexibility index (Phi) is 20.6. The lowest BCUT2D eigenvalue weighted by Crippen LogP contribution is -2.21. The lowest BCUT2D eigenvalue weighted by atomic mass is 9.93. The van der Waals surface area contributed by atoms with E-state index in [0.29, 0.717) is 51.3 Å². The first-order chi connectivity index (χ1) is 36.8. The maximum absolute atomic E-state index is 13.3. The second-order valence-electron chi connectivity index (χ2n) is 19.6. The lowest BCUT2D eigenvalue weighted by molar-refractivity contribution is 0.198. The minimum Gasteiger partial charge on any atom is -0.410 e. The SMILES string of the molecule is C1CCOC1.CC(C)(C)c1cc(NC(=O)Nc2ccc(-n3cnc4cc(F)ccc43)cc2)no1.CC(C)(C)c1cc(NC(=O)Oc2ccccc2)no1.CCN(CC)CC.Nc1ccc(-n2cnc3cc(F)ccc32)cc1. The summed E-state index contributed by atoms with van der Waals surface area (Å²) < 4.78 is 50.6. The number of amides is 3. The number of hydrogen-bond donors (Lipinski definition) is 4. The predicted molar refractivity (Wildman–Crippen MR) is 299 cm³/mol. The number of halogens is 2. The van der Waals surface area contributed by atoms with E-state index in [1.807, 2.05) is 93.1 Å². The third-order valence-corrected chi connectivity index (χ3v) is 11.7. The molecule has 1 saturated heterocycles. The third kappa shape index (κ3) is 17.6. The van der Waals surface area contributed by atoms with Crippen LogP contribution in [0.15, 0.2) is 149 Å². The van der Waals surface area contributed by atoms with Gasteiger partial charge in [-0.2, -0.15) is 0 Å². The first-order valence-corrected chi connectivity index (χ1v) is 25.4. The van der Waals surface area contributed by atoms with Gasteiger partial charge in [0.05, 0.1) is 22.1 Å². The van der Waals surface area contributed by atoms with Gasteiger partial charge in [0.1, 0.15) is 41.6 Å². The number of rotatable bonds is 9. The zero-order chi connectivity index (χ0) is 55.5. The number of nitrogens with one attached hydrogen (secondary N) is 3. The number of para-hydroxylation sites is 1. The molecule has 0 bridgehead atoms. The average molecular weight is 1050 g/mol. The molecule has 0 saturated carbocycles. The van der Waals surface area contributed by atoms with Gasteiger partial charge < -0.3 is 34.5 Å². The van der Waals surface area contributed by atoms with Gasteiger partial charge in [-0.3, -0.25) is 19.8 Å². The van der Waals surface area contributed by atoms with Crippen molar-refractivity contribution in [2.75, 3.05) is 54.5 Å². The fourth-order valence-electron chi connectivity index (χ4n) is 7.28. The molecule has 10 rings (SSSR count). The fourth-order valence-corrected chi connectivity index (χ4v) is 7.28. The molecule has 406 valence electrons. The summed E-state index contributed by atoms with van der Waals surface area (Å²) in [5.74, 6) is 1.94. The van der Waals surface area contributed by atoms with Crippen molar-refractivity contribution in [1.29, 1.82) is 0 Å². The van der Waals surface area contributed by atoms with Crippen LogP contribution in [0.4, 0.5) is 41.4 Å². The fraction of sp³-hybridized carbons (Fsp3) is 0.310. The van der Waals surface area contributed by atoms with Crippen LogP contribution in [0, 0.1) is 11.6 Å². The third-order valence-electron chi connectivity index (χ3n) is 11.7. The Morgan fingerprint density at radius 3 is 1.51 bits per heavy atom. The number of ether oxygens (including phenoxy) is 2. The zero-order valence-corrected chi connectivity index (χ0v) is 45.1. The Morgan fingerprint density at radius 2 is 1.09 bits per heavy atom. The summed E-state index contributed by atoms with van der Waals surface area (Å²) in [6.07, 6.45) is 5.27. The van der Waals surface area contributed by atoms with E-state index in [9.17, 15) is 18.4 Å². The van der Waals surface area contributed by atoms with Crippen molar-refractivity contribution in [3.05, 3.63) is 163 Å². The molecule has 9 aromatic rings. The van der Waals surface area contributed by atoms with Crippen molar-refractivity contribution in [3.8, 4) is 17.1 Å². The largest absolute Gasteiger partial charge is 0.418 e. The number of nitrogen functional groups attached to an aromatic ring is 1. The van der Waals surface area contributed by atoms with Crippen LogP contribution in [0.25, 0.3) is 33.4 Å². The van der Waals surface area contributed by atoms with Crippen LogP contribution >= 0.6 is 0 Å². The highest BCUT2D eigenvalue weighted by molar-refractivity contribution is 5.99. The molecule has 0 aliphatic carbocycles. The monoisotopic (exact) mass is 1050 g/mol. The normalized spacial score (nSPS) is 12.0. The van der Waals surface area contributed by atoms with Gasteiger partial charge in [-0.15, -0.1) is 0 Å². The molecule has 5 N–H and O–H groups in total. The molecule has 17 nitrogen and oxygen atoms in total. The van der Waals surface area contributed by atoms with Gasteiger partial charge >= 0.3 is 12.1 Å². The van der Waals surface area contributed by atoms with Crippen molar-refractivity contribution < 1.29 is 36.9 Å². The van der Waals surface area contributed by atoms with Crippen LogP contribution in [0.2, 0.25) is 0 Å². The highest BCUT2D eigenvalue weighted by Gasteiger charge is 2.22. The molecule has 5 heterocycles. The quantitative estimate of drug-likeness (QED) is 0.0997. The second kappa shape index (κ2) is 27.4. The summed E-state index contributed by atoms with van der Waals surface area (Å²) in [4.78, 5) is 34.6. The number of nitrogens with zero attached hydrogens (tertiary/aromatic N) is 7. The summed E-state index contributed by atoms with van der Waals surface area (Å²) in [6, 6.07) is 35.5. The molecule has 19 heteroatoms. The number of hydrogen-bond acceptors (Lipinski definition) is 12. The Balaban J connectivity index is 0.000000174. The molecule has 0 radical (unpaired) electrons. The van der Waals surface area contributed by atoms with E-state index < -0.39 is 12.1 Å². The molecular weight excluding hydrogens is 985 g/mol. The number of aromatic nitrogens is 6. The molecule has 4 aromatic heterocycles. The number of benzene rings is 5. The van der Waals surface area contributed by atoms with Crippen LogP contribution < -0.4 is 26.4 Å². The molecule has 0 atom stereocenters. The van der Waals surface area contributed by atoms with Crippen LogP contribution in [-0.2, 0) is 15.6 Å².